The zero-order valence-corrected chi connectivity index (χ0v) is 27.8. The molecule has 0 radical (unpaired) electrons. The highest BCUT2D eigenvalue weighted by atomic mass is 35.5. The summed E-state index contributed by atoms with van der Waals surface area (Å²) in [5.41, 5.74) is 10.7. The minimum absolute atomic E-state index is 0.00276. The Balaban J connectivity index is 1.10. The van der Waals surface area contributed by atoms with E-state index in [0.717, 1.165) is 93.8 Å². The molecule has 1 aromatic carbocycles. The number of carbonyl (C=O) groups is 3. The van der Waals surface area contributed by atoms with Crippen LogP contribution in [-0.4, -0.2) is 102 Å². The van der Waals surface area contributed by atoms with E-state index in [4.69, 9.17) is 17.3 Å². The van der Waals surface area contributed by atoms with E-state index in [9.17, 15) is 14.4 Å². The Hall–Kier alpha value is -2.86. The van der Waals surface area contributed by atoms with Gasteiger partial charge in [0, 0.05) is 81.8 Å². The number of urea groups is 1. The first-order chi connectivity index (χ1) is 21.8. The van der Waals surface area contributed by atoms with Crippen molar-refractivity contribution >= 4 is 52.2 Å². The van der Waals surface area contributed by atoms with Gasteiger partial charge in [-0.15, -0.1) is 11.3 Å². The summed E-state index contributed by atoms with van der Waals surface area (Å²) in [5, 5.41) is 11.0. The van der Waals surface area contributed by atoms with Crippen LogP contribution in [0.1, 0.15) is 55.7 Å². The summed E-state index contributed by atoms with van der Waals surface area (Å²) in [6.07, 6.45) is 4.73. The Bertz CT molecular complexity index is 1380. The molecule has 0 spiro atoms. The van der Waals surface area contributed by atoms with Crippen molar-refractivity contribution in [1.82, 2.24) is 24.9 Å². The molecule has 6 rings (SSSR count). The number of piperidine rings is 2. The highest BCUT2D eigenvalue weighted by molar-refractivity contribution is 7.08. The summed E-state index contributed by atoms with van der Waals surface area (Å²) in [7, 11) is 0. The van der Waals surface area contributed by atoms with E-state index in [2.05, 4.69) is 20.9 Å². The van der Waals surface area contributed by atoms with Gasteiger partial charge in [0.15, 0.2) is 0 Å². The third-order valence-corrected chi connectivity index (χ3v) is 11.3. The Morgan fingerprint density at radius 2 is 1.69 bits per heavy atom. The van der Waals surface area contributed by atoms with Gasteiger partial charge < -0.3 is 31.1 Å². The van der Waals surface area contributed by atoms with Crippen LogP contribution in [0.3, 0.4) is 0 Å². The molecule has 5 heterocycles. The molecule has 4 aliphatic rings. The van der Waals surface area contributed by atoms with Crippen molar-refractivity contribution < 1.29 is 14.4 Å². The lowest BCUT2D eigenvalue weighted by Gasteiger charge is -2.41. The topological polar surface area (TPSA) is 114 Å². The van der Waals surface area contributed by atoms with Crippen LogP contribution in [0.4, 0.5) is 16.2 Å². The fourth-order valence-corrected chi connectivity index (χ4v) is 8.54. The van der Waals surface area contributed by atoms with E-state index >= 15 is 0 Å². The summed E-state index contributed by atoms with van der Waals surface area (Å²) >= 11 is 8.10. The number of anilines is 2. The molecule has 0 bridgehead atoms. The smallest absolute Gasteiger partial charge is 0.322 e. The van der Waals surface area contributed by atoms with Crippen LogP contribution in [0.5, 0.6) is 0 Å². The van der Waals surface area contributed by atoms with Crippen molar-refractivity contribution in [3.05, 3.63) is 44.6 Å². The molecule has 3 fully saturated rings. The number of piperazine rings is 1. The van der Waals surface area contributed by atoms with Crippen LogP contribution in [0, 0.1) is 5.92 Å². The lowest BCUT2D eigenvalue weighted by atomic mass is 9.91. The largest absolute Gasteiger partial charge is 0.397 e. The number of hydrogen-bond donors (Lipinski definition) is 3. The van der Waals surface area contributed by atoms with Crippen LogP contribution in [-0.2, 0) is 29.0 Å². The van der Waals surface area contributed by atoms with Crippen molar-refractivity contribution in [2.45, 2.75) is 70.5 Å². The lowest BCUT2D eigenvalue weighted by Crippen LogP contribution is -2.53. The SMILES string of the molecule is CCc1cc(C[C@@H](CC(=O)N2CCC(N3Cc4cscc4NC3=O)CC2)C(=O)N2CCC(N3CCNCC3)CC2)cc(Cl)c1N. The lowest BCUT2D eigenvalue weighted by molar-refractivity contribution is -0.143. The molecule has 2 aromatic rings. The summed E-state index contributed by atoms with van der Waals surface area (Å²) < 4.78 is 0. The molecule has 4 N–H and O–H groups in total. The third kappa shape index (κ3) is 7.26. The minimum atomic E-state index is -0.472. The average Bonchev–Trinajstić information content (AvgIpc) is 3.53. The molecule has 0 aliphatic carbocycles. The number of nitrogens with two attached hydrogens (primary N) is 1. The van der Waals surface area contributed by atoms with Gasteiger partial charge in [0.2, 0.25) is 11.8 Å². The van der Waals surface area contributed by atoms with Gasteiger partial charge in [0.05, 0.1) is 28.9 Å². The molecule has 1 atom stereocenters. The maximum atomic E-state index is 14.1. The number of benzene rings is 1. The van der Waals surface area contributed by atoms with Crippen molar-refractivity contribution in [3.63, 3.8) is 0 Å². The van der Waals surface area contributed by atoms with Crippen molar-refractivity contribution in [3.8, 4) is 0 Å². The van der Waals surface area contributed by atoms with Crippen LogP contribution in [0.25, 0.3) is 0 Å². The van der Waals surface area contributed by atoms with E-state index in [-0.39, 0.29) is 30.3 Å². The van der Waals surface area contributed by atoms with Crippen LogP contribution < -0.4 is 16.4 Å². The van der Waals surface area contributed by atoms with Crippen molar-refractivity contribution in [1.29, 1.82) is 0 Å². The number of likely N-dealkylation sites (tertiary alicyclic amines) is 2. The van der Waals surface area contributed by atoms with E-state index in [1.807, 2.05) is 39.1 Å². The van der Waals surface area contributed by atoms with Gasteiger partial charge in [-0.1, -0.05) is 24.6 Å². The molecule has 12 heteroatoms. The van der Waals surface area contributed by atoms with Gasteiger partial charge in [-0.3, -0.25) is 14.5 Å². The highest BCUT2D eigenvalue weighted by Crippen LogP contribution is 2.32. The number of nitrogens with one attached hydrogen (secondary N) is 2. The molecule has 0 unspecified atom stereocenters. The maximum Gasteiger partial charge on any atom is 0.322 e. The number of halogens is 1. The number of aryl methyl sites for hydroxylation is 1. The average molecular weight is 656 g/mol. The number of nitrogen functional groups attached to an aromatic ring is 1. The van der Waals surface area contributed by atoms with E-state index in [1.54, 1.807) is 11.3 Å². The Kier molecular flexibility index (Phi) is 10.2. The van der Waals surface area contributed by atoms with Crippen LogP contribution in [0.15, 0.2) is 22.9 Å². The number of carbonyl (C=O) groups excluding carboxylic acids is 3. The fraction of sp³-hybridized carbons (Fsp3) is 0.606. The molecule has 244 valence electrons. The second kappa shape index (κ2) is 14.3. The second-order valence-corrected chi connectivity index (χ2v) is 14.1. The predicted octanol–water partition coefficient (Wildman–Crippen LogP) is 4.03. The molecule has 1 aromatic heterocycles. The van der Waals surface area contributed by atoms with Gasteiger partial charge in [0.25, 0.3) is 0 Å². The Morgan fingerprint density at radius 3 is 2.40 bits per heavy atom. The van der Waals surface area contributed by atoms with Crippen LogP contribution >= 0.6 is 22.9 Å². The predicted molar refractivity (Wildman–Crippen MR) is 180 cm³/mol. The molecule has 4 amide bonds. The summed E-state index contributed by atoms with van der Waals surface area (Å²) in [4.78, 5) is 49.0. The van der Waals surface area contributed by atoms with Crippen molar-refractivity contribution in [2.75, 3.05) is 63.4 Å². The molecule has 4 aliphatic heterocycles. The first-order valence-corrected chi connectivity index (χ1v) is 17.8. The third-order valence-electron chi connectivity index (χ3n) is 10.2. The molecule has 0 saturated carbocycles. The Morgan fingerprint density at radius 1 is 1.00 bits per heavy atom. The zero-order valence-electron chi connectivity index (χ0n) is 26.2. The van der Waals surface area contributed by atoms with Gasteiger partial charge in [-0.25, -0.2) is 4.79 Å². The first kappa shape index (κ1) is 32.1. The number of thiophene rings is 1. The highest BCUT2D eigenvalue weighted by Gasteiger charge is 2.36. The number of nitrogens with zero attached hydrogens (tertiary/aromatic N) is 4. The molecule has 3 saturated heterocycles. The summed E-state index contributed by atoms with van der Waals surface area (Å²) in [6, 6.07) is 4.42. The standard InChI is InChI=1S/C33H46ClN7O3S/c1-2-23-15-22(17-28(34)31(23)35)16-24(32(43)40-11-3-26(4-12-40)38-13-7-36-8-14-38)18-30(42)39-9-5-27(6-10-39)41-19-25-20-45-21-29(25)37-33(41)44/h15,17,20-21,24,26-27,36H,2-14,16,18-19,35H2,1H3,(H,37,44)/t24-/m0/s1. The van der Waals surface area contributed by atoms with E-state index in [1.165, 1.54) is 0 Å². The van der Waals surface area contributed by atoms with E-state index in [0.29, 0.717) is 42.8 Å². The number of amides is 4. The second-order valence-electron chi connectivity index (χ2n) is 12.9. The number of rotatable bonds is 8. The fourth-order valence-electron chi connectivity index (χ4n) is 7.50. The normalized spacial score (nSPS) is 21.0. The zero-order chi connectivity index (χ0) is 31.5. The van der Waals surface area contributed by atoms with Gasteiger partial charge in [0.1, 0.15) is 0 Å². The Labute approximate surface area is 275 Å². The molecule has 45 heavy (non-hydrogen) atoms. The number of fused-ring (bicyclic) bond motifs is 1. The number of hydrogen-bond acceptors (Lipinski definition) is 7. The quantitative estimate of drug-likeness (QED) is 0.370. The monoisotopic (exact) mass is 655 g/mol. The van der Waals surface area contributed by atoms with Crippen molar-refractivity contribution in [2.24, 2.45) is 5.92 Å². The first-order valence-electron chi connectivity index (χ1n) is 16.5. The maximum absolute atomic E-state index is 14.1. The molecular formula is C33H46ClN7O3S. The van der Waals surface area contributed by atoms with Gasteiger partial charge >= 0.3 is 6.03 Å². The van der Waals surface area contributed by atoms with Gasteiger partial charge in [-0.2, -0.15) is 0 Å². The summed E-state index contributed by atoms with van der Waals surface area (Å²) in [6.45, 7) is 9.39. The van der Waals surface area contributed by atoms with Gasteiger partial charge in [-0.05, 0) is 61.1 Å². The molecular weight excluding hydrogens is 610 g/mol. The van der Waals surface area contributed by atoms with Crippen LogP contribution in [0.2, 0.25) is 5.02 Å². The van der Waals surface area contributed by atoms with E-state index < -0.39 is 5.92 Å². The molecule has 10 nitrogen and oxygen atoms in total. The minimum Gasteiger partial charge on any atom is -0.397 e. The summed E-state index contributed by atoms with van der Waals surface area (Å²) in [5.74, 6) is -0.414.